The Hall–Kier alpha value is -2.55. The molecule has 21 heavy (non-hydrogen) atoms. The number of rotatable bonds is 6. The first-order chi connectivity index (χ1) is 10.1. The molecule has 0 fully saturated rings. The Kier molecular flexibility index (Phi) is 4.77. The summed E-state index contributed by atoms with van der Waals surface area (Å²) in [6.07, 6.45) is 3.63. The largest absolute Gasteiger partial charge is 0.448 e. The van der Waals surface area contributed by atoms with Crippen LogP contribution in [0.5, 0.6) is 0 Å². The van der Waals surface area contributed by atoms with Crippen molar-refractivity contribution in [2.75, 3.05) is 11.4 Å². The van der Waals surface area contributed by atoms with Crippen molar-refractivity contribution in [3.8, 4) is 0 Å². The van der Waals surface area contributed by atoms with Crippen molar-refractivity contribution in [3.63, 3.8) is 0 Å². The van der Waals surface area contributed by atoms with Gasteiger partial charge in [-0.25, -0.2) is 0 Å². The molecule has 0 unspecified atom stereocenters. The van der Waals surface area contributed by atoms with Gasteiger partial charge in [-0.05, 0) is 24.1 Å². The molecule has 0 aliphatic heterocycles. The highest BCUT2D eigenvalue weighted by Gasteiger charge is 2.19. The number of hydrogen-bond acceptors (Lipinski definition) is 2. The third-order valence-corrected chi connectivity index (χ3v) is 3.12. The average molecular weight is 281 g/mol. The van der Waals surface area contributed by atoms with E-state index in [0.29, 0.717) is 18.8 Å². The van der Waals surface area contributed by atoms with E-state index < -0.39 is 0 Å². The molecule has 0 aliphatic rings. The molecule has 0 aliphatic carbocycles. The number of nitrogens with zero attached hydrogens (tertiary/aromatic N) is 1. The number of amides is 1. The van der Waals surface area contributed by atoms with Gasteiger partial charge in [-0.15, -0.1) is 0 Å². The van der Waals surface area contributed by atoms with Crippen molar-refractivity contribution in [2.24, 2.45) is 0 Å². The van der Waals surface area contributed by atoms with Crippen LogP contribution in [0.4, 0.5) is 5.88 Å². The minimum atomic E-state index is -0.0257. The van der Waals surface area contributed by atoms with E-state index in [-0.39, 0.29) is 5.91 Å². The second-order valence-electron chi connectivity index (χ2n) is 4.97. The SMILES string of the molecule is C=Cc1ccccc1CC(=O)N(CC(=C)C)c1ccco1. The van der Waals surface area contributed by atoms with Gasteiger partial charge < -0.3 is 4.42 Å². The molecular formula is C18H19NO2. The van der Waals surface area contributed by atoms with Crippen molar-refractivity contribution in [1.82, 2.24) is 0 Å². The third kappa shape index (κ3) is 3.72. The summed E-state index contributed by atoms with van der Waals surface area (Å²) >= 11 is 0. The summed E-state index contributed by atoms with van der Waals surface area (Å²) in [4.78, 5) is 14.2. The smallest absolute Gasteiger partial charge is 0.234 e. The van der Waals surface area contributed by atoms with Gasteiger partial charge in [0.25, 0.3) is 0 Å². The fraction of sp³-hybridized carbons (Fsp3) is 0.167. The Balaban J connectivity index is 2.22. The van der Waals surface area contributed by atoms with Crippen molar-refractivity contribution >= 4 is 17.9 Å². The summed E-state index contributed by atoms with van der Waals surface area (Å²) in [6, 6.07) is 11.3. The fourth-order valence-corrected chi connectivity index (χ4v) is 2.14. The number of carbonyl (C=O) groups excluding carboxylic acids is 1. The zero-order valence-electron chi connectivity index (χ0n) is 12.2. The zero-order chi connectivity index (χ0) is 15.2. The van der Waals surface area contributed by atoms with Gasteiger partial charge >= 0.3 is 0 Å². The van der Waals surface area contributed by atoms with E-state index in [0.717, 1.165) is 16.7 Å². The van der Waals surface area contributed by atoms with Crippen LogP contribution in [0.2, 0.25) is 0 Å². The van der Waals surface area contributed by atoms with Crippen LogP contribution in [0.15, 0.2) is 65.8 Å². The molecule has 108 valence electrons. The van der Waals surface area contributed by atoms with E-state index in [9.17, 15) is 4.79 Å². The van der Waals surface area contributed by atoms with E-state index in [1.54, 1.807) is 29.4 Å². The zero-order valence-corrected chi connectivity index (χ0v) is 12.2. The molecule has 3 heteroatoms. The number of hydrogen-bond donors (Lipinski definition) is 0. The molecule has 0 bridgehead atoms. The number of furan rings is 1. The maximum absolute atomic E-state index is 12.6. The van der Waals surface area contributed by atoms with Gasteiger partial charge in [0.2, 0.25) is 11.8 Å². The minimum Gasteiger partial charge on any atom is -0.448 e. The Morgan fingerprint density at radius 2 is 2.05 bits per heavy atom. The molecule has 0 atom stereocenters. The monoisotopic (exact) mass is 281 g/mol. The highest BCUT2D eigenvalue weighted by molar-refractivity contribution is 5.94. The minimum absolute atomic E-state index is 0.0257. The van der Waals surface area contributed by atoms with Gasteiger partial charge in [0, 0.05) is 12.6 Å². The number of benzene rings is 1. The quantitative estimate of drug-likeness (QED) is 0.748. The first kappa shape index (κ1) is 14.9. The maximum Gasteiger partial charge on any atom is 0.234 e. The Labute approximate surface area is 125 Å². The fourth-order valence-electron chi connectivity index (χ4n) is 2.14. The predicted octanol–water partition coefficient (Wildman–Crippen LogP) is 4.07. The molecule has 0 saturated heterocycles. The van der Waals surface area contributed by atoms with Crippen LogP contribution < -0.4 is 4.90 Å². The van der Waals surface area contributed by atoms with Gasteiger partial charge in [-0.2, -0.15) is 0 Å². The lowest BCUT2D eigenvalue weighted by Crippen LogP contribution is -2.33. The Morgan fingerprint density at radius 3 is 2.67 bits per heavy atom. The summed E-state index contributed by atoms with van der Waals surface area (Å²) in [7, 11) is 0. The molecule has 1 amide bonds. The van der Waals surface area contributed by atoms with Crippen molar-refractivity contribution in [3.05, 3.63) is 72.5 Å². The molecule has 1 aromatic heterocycles. The number of anilines is 1. The molecule has 2 rings (SSSR count). The maximum atomic E-state index is 12.6. The van der Waals surface area contributed by atoms with Crippen LogP contribution in [-0.2, 0) is 11.2 Å². The van der Waals surface area contributed by atoms with Crippen LogP contribution in [0.1, 0.15) is 18.1 Å². The average Bonchev–Trinajstić information content (AvgIpc) is 2.99. The van der Waals surface area contributed by atoms with Crippen LogP contribution in [-0.4, -0.2) is 12.5 Å². The normalized spacial score (nSPS) is 10.1. The van der Waals surface area contributed by atoms with Crippen LogP contribution in [0.3, 0.4) is 0 Å². The second-order valence-corrected chi connectivity index (χ2v) is 4.97. The lowest BCUT2D eigenvalue weighted by atomic mass is 10.0. The highest BCUT2D eigenvalue weighted by atomic mass is 16.3. The van der Waals surface area contributed by atoms with Gasteiger partial charge in [-0.3, -0.25) is 9.69 Å². The topological polar surface area (TPSA) is 33.5 Å². The standard InChI is InChI=1S/C18H19NO2/c1-4-15-8-5-6-9-16(15)12-17(20)19(13-14(2)3)18-10-7-11-21-18/h4-11H,1-2,12-13H2,3H3. The van der Waals surface area contributed by atoms with E-state index in [1.165, 1.54) is 0 Å². The summed E-state index contributed by atoms with van der Waals surface area (Å²) in [5.74, 6) is 0.515. The lowest BCUT2D eigenvalue weighted by Gasteiger charge is -2.20. The summed E-state index contributed by atoms with van der Waals surface area (Å²) in [5, 5.41) is 0. The second kappa shape index (κ2) is 6.75. The van der Waals surface area contributed by atoms with E-state index in [1.807, 2.05) is 31.2 Å². The van der Waals surface area contributed by atoms with Gasteiger partial charge in [-0.1, -0.05) is 49.1 Å². The van der Waals surface area contributed by atoms with E-state index >= 15 is 0 Å². The van der Waals surface area contributed by atoms with Gasteiger partial charge in [0.15, 0.2) is 0 Å². The van der Waals surface area contributed by atoms with Crippen molar-refractivity contribution < 1.29 is 9.21 Å². The van der Waals surface area contributed by atoms with Crippen molar-refractivity contribution in [1.29, 1.82) is 0 Å². The first-order valence-corrected chi connectivity index (χ1v) is 6.80. The molecular weight excluding hydrogens is 262 g/mol. The molecule has 0 spiro atoms. The van der Waals surface area contributed by atoms with Gasteiger partial charge in [0.05, 0.1) is 12.7 Å². The van der Waals surface area contributed by atoms with Crippen LogP contribution >= 0.6 is 0 Å². The van der Waals surface area contributed by atoms with Crippen LogP contribution in [0, 0.1) is 0 Å². The Morgan fingerprint density at radius 1 is 1.29 bits per heavy atom. The molecule has 3 nitrogen and oxygen atoms in total. The van der Waals surface area contributed by atoms with E-state index in [2.05, 4.69) is 13.2 Å². The highest BCUT2D eigenvalue weighted by Crippen LogP contribution is 2.19. The van der Waals surface area contributed by atoms with Crippen LogP contribution in [0.25, 0.3) is 6.08 Å². The molecule has 0 radical (unpaired) electrons. The Bertz CT molecular complexity index is 641. The predicted molar refractivity (Wildman–Crippen MR) is 86.1 cm³/mol. The van der Waals surface area contributed by atoms with E-state index in [4.69, 9.17) is 4.42 Å². The summed E-state index contributed by atoms with van der Waals surface area (Å²) < 4.78 is 5.36. The number of carbonyl (C=O) groups is 1. The summed E-state index contributed by atoms with van der Waals surface area (Å²) in [5.41, 5.74) is 2.83. The molecule has 0 saturated carbocycles. The molecule has 0 N–H and O–H groups in total. The third-order valence-electron chi connectivity index (χ3n) is 3.12. The molecule has 1 aromatic carbocycles. The lowest BCUT2D eigenvalue weighted by molar-refractivity contribution is -0.118. The first-order valence-electron chi connectivity index (χ1n) is 6.80. The van der Waals surface area contributed by atoms with Gasteiger partial charge in [0.1, 0.15) is 0 Å². The summed E-state index contributed by atoms with van der Waals surface area (Å²) in [6.45, 7) is 10.00. The van der Waals surface area contributed by atoms with Crippen molar-refractivity contribution in [2.45, 2.75) is 13.3 Å². The molecule has 2 aromatic rings. The molecule has 1 heterocycles.